The molecule has 3 rings (SSSR count). The van der Waals surface area contributed by atoms with Crippen molar-refractivity contribution in [3.8, 4) is 0 Å². The lowest BCUT2D eigenvalue weighted by molar-refractivity contribution is -0.119. The van der Waals surface area contributed by atoms with E-state index in [1.807, 2.05) is 19.1 Å². The highest BCUT2D eigenvalue weighted by atomic mass is 16.5. The van der Waals surface area contributed by atoms with Gasteiger partial charge in [0.25, 0.3) is 0 Å². The Labute approximate surface area is 178 Å². The zero-order chi connectivity index (χ0) is 21.7. The van der Waals surface area contributed by atoms with E-state index in [2.05, 4.69) is 29.0 Å². The summed E-state index contributed by atoms with van der Waals surface area (Å²) < 4.78 is 5.04. The van der Waals surface area contributed by atoms with Crippen LogP contribution in [0.1, 0.15) is 47.2 Å². The van der Waals surface area contributed by atoms with Crippen LogP contribution in [0.3, 0.4) is 0 Å². The number of hydrogen-bond acceptors (Lipinski definition) is 5. The minimum absolute atomic E-state index is 0.105. The van der Waals surface area contributed by atoms with Crippen molar-refractivity contribution in [1.82, 2.24) is 4.90 Å². The molecule has 2 atom stereocenters. The lowest BCUT2D eigenvalue weighted by Gasteiger charge is -2.36. The second-order valence-electron chi connectivity index (χ2n) is 7.86. The molecule has 2 aromatic carbocycles. The van der Waals surface area contributed by atoms with Crippen molar-refractivity contribution in [1.29, 1.82) is 0 Å². The van der Waals surface area contributed by atoms with Crippen LogP contribution < -0.4 is 10.6 Å². The fourth-order valence-electron chi connectivity index (χ4n) is 4.13. The van der Waals surface area contributed by atoms with Crippen LogP contribution in [0, 0.1) is 0 Å². The van der Waals surface area contributed by atoms with E-state index in [0.29, 0.717) is 12.2 Å². The average molecular weight is 410 g/mol. The number of nitrogens with two attached hydrogens (primary N) is 1. The van der Waals surface area contributed by atoms with Crippen LogP contribution in [0.25, 0.3) is 0 Å². The first-order valence-electron chi connectivity index (χ1n) is 10.5. The third-order valence-corrected chi connectivity index (χ3v) is 5.86. The van der Waals surface area contributed by atoms with Crippen LogP contribution in [0.4, 0.5) is 5.69 Å². The molecule has 0 aromatic heterocycles. The van der Waals surface area contributed by atoms with Gasteiger partial charge in [-0.3, -0.25) is 4.79 Å². The fourth-order valence-corrected chi connectivity index (χ4v) is 4.13. The molecule has 1 saturated heterocycles. The van der Waals surface area contributed by atoms with Gasteiger partial charge in [0.15, 0.2) is 0 Å². The fraction of sp³-hybridized carbons (Fsp3) is 0.417. The number of carbonyl (C=O) groups excluding carboxylic acids is 2. The largest absolute Gasteiger partial charge is 0.462 e. The summed E-state index contributed by atoms with van der Waals surface area (Å²) in [6.45, 7) is 8.07. The van der Waals surface area contributed by atoms with Crippen molar-refractivity contribution in [3.63, 3.8) is 0 Å². The molecule has 2 aromatic rings. The lowest BCUT2D eigenvalue weighted by Crippen LogP contribution is -2.45. The van der Waals surface area contributed by atoms with Gasteiger partial charge in [-0.1, -0.05) is 37.3 Å². The molecule has 6 heteroatoms. The van der Waals surface area contributed by atoms with Crippen molar-refractivity contribution in [2.75, 3.05) is 44.7 Å². The SMILES string of the molecule is CCOC(=O)c1ccc(C(C(N)=O)C(C)c2ccccc2N2CCN(C)CC2)cc1. The Morgan fingerprint density at radius 1 is 1.03 bits per heavy atom. The highest BCUT2D eigenvalue weighted by molar-refractivity contribution is 5.90. The maximum absolute atomic E-state index is 12.5. The number of piperazine rings is 1. The van der Waals surface area contributed by atoms with Gasteiger partial charge in [0, 0.05) is 31.9 Å². The maximum atomic E-state index is 12.5. The van der Waals surface area contributed by atoms with Gasteiger partial charge in [-0.2, -0.15) is 0 Å². The molecule has 2 unspecified atom stereocenters. The Morgan fingerprint density at radius 3 is 2.27 bits per heavy atom. The molecule has 0 saturated carbocycles. The van der Waals surface area contributed by atoms with Gasteiger partial charge in [-0.15, -0.1) is 0 Å². The van der Waals surface area contributed by atoms with Crippen molar-refractivity contribution in [2.45, 2.75) is 25.7 Å². The molecule has 160 valence electrons. The summed E-state index contributed by atoms with van der Waals surface area (Å²) in [6.07, 6.45) is 0. The first-order valence-corrected chi connectivity index (χ1v) is 10.5. The topological polar surface area (TPSA) is 75.9 Å². The number of ether oxygens (including phenoxy) is 1. The molecule has 2 N–H and O–H groups in total. The number of amides is 1. The summed E-state index contributed by atoms with van der Waals surface area (Å²) in [6, 6.07) is 15.3. The number of hydrogen-bond donors (Lipinski definition) is 1. The van der Waals surface area contributed by atoms with E-state index >= 15 is 0 Å². The average Bonchev–Trinajstić information content (AvgIpc) is 2.75. The van der Waals surface area contributed by atoms with Crippen LogP contribution in [0.2, 0.25) is 0 Å². The molecule has 0 radical (unpaired) electrons. The predicted octanol–water partition coefficient (Wildman–Crippen LogP) is 2.99. The number of nitrogens with zero attached hydrogens (tertiary/aromatic N) is 2. The van der Waals surface area contributed by atoms with E-state index in [-0.39, 0.29) is 17.8 Å². The Kier molecular flexibility index (Phi) is 7.11. The Bertz CT molecular complexity index is 874. The molecular weight excluding hydrogens is 378 g/mol. The van der Waals surface area contributed by atoms with Gasteiger partial charge in [0.1, 0.15) is 0 Å². The van der Waals surface area contributed by atoms with E-state index in [1.54, 1.807) is 31.2 Å². The minimum Gasteiger partial charge on any atom is -0.462 e. The number of benzene rings is 2. The quantitative estimate of drug-likeness (QED) is 0.712. The molecule has 1 aliphatic rings. The molecule has 30 heavy (non-hydrogen) atoms. The molecule has 0 aliphatic carbocycles. The minimum atomic E-state index is -0.491. The van der Waals surface area contributed by atoms with Crippen LogP contribution in [0.15, 0.2) is 48.5 Å². The molecule has 1 amide bonds. The van der Waals surface area contributed by atoms with Crippen molar-refractivity contribution in [2.24, 2.45) is 5.73 Å². The molecule has 0 spiro atoms. The number of anilines is 1. The number of esters is 1. The van der Waals surface area contributed by atoms with Crippen LogP contribution in [-0.4, -0.2) is 56.6 Å². The standard InChI is InChI=1S/C24H31N3O3/c1-4-30-24(29)19-11-9-18(10-12-19)22(23(25)28)17(2)20-7-5-6-8-21(20)27-15-13-26(3)14-16-27/h5-12,17,22H,4,13-16H2,1-3H3,(H2,25,28). The predicted molar refractivity (Wildman–Crippen MR) is 119 cm³/mol. The summed E-state index contributed by atoms with van der Waals surface area (Å²) in [5.41, 5.74) is 9.39. The van der Waals surface area contributed by atoms with Gasteiger partial charge >= 0.3 is 5.97 Å². The Hall–Kier alpha value is -2.86. The number of likely N-dealkylation sites (N-methyl/N-ethyl adjacent to an activating group) is 1. The molecular formula is C24H31N3O3. The summed E-state index contributed by atoms with van der Waals surface area (Å²) in [5, 5.41) is 0. The zero-order valence-electron chi connectivity index (χ0n) is 18.0. The second-order valence-corrected chi connectivity index (χ2v) is 7.86. The molecule has 0 bridgehead atoms. The number of para-hydroxylation sites is 1. The smallest absolute Gasteiger partial charge is 0.338 e. The highest BCUT2D eigenvalue weighted by Gasteiger charge is 2.29. The molecule has 1 heterocycles. The van der Waals surface area contributed by atoms with Crippen molar-refractivity contribution >= 4 is 17.6 Å². The van der Waals surface area contributed by atoms with E-state index in [0.717, 1.165) is 43.0 Å². The van der Waals surface area contributed by atoms with E-state index in [4.69, 9.17) is 10.5 Å². The Morgan fingerprint density at radius 2 is 1.67 bits per heavy atom. The molecule has 6 nitrogen and oxygen atoms in total. The van der Waals surface area contributed by atoms with E-state index in [9.17, 15) is 9.59 Å². The number of primary amides is 1. The second kappa shape index (κ2) is 9.76. The van der Waals surface area contributed by atoms with Crippen molar-refractivity contribution in [3.05, 3.63) is 65.2 Å². The monoisotopic (exact) mass is 409 g/mol. The number of carbonyl (C=O) groups is 2. The Balaban J connectivity index is 1.89. The third kappa shape index (κ3) is 4.82. The highest BCUT2D eigenvalue weighted by Crippen LogP contribution is 2.38. The lowest BCUT2D eigenvalue weighted by atomic mass is 9.81. The van der Waals surface area contributed by atoms with Crippen LogP contribution in [-0.2, 0) is 9.53 Å². The maximum Gasteiger partial charge on any atom is 0.338 e. The molecule has 1 aliphatic heterocycles. The summed E-state index contributed by atoms with van der Waals surface area (Å²) in [5.74, 6) is -1.34. The van der Waals surface area contributed by atoms with Gasteiger partial charge in [0.2, 0.25) is 5.91 Å². The first kappa shape index (κ1) is 21.8. The van der Waals surface area contributed by atoms with Gasteiger partial charge in [-0.05, 0) is 49.2 Å². The normalized spacial score (nSPS) is 16.7. The number of rotatable bonds is 7. The van der Waals surface area contributed by atoms with E-state index in [1.165, 1.54) is 0 Å². The van der Waals surface area contributed by atoms with Crippen LogP contribution >= 0.6 is 0 Å². The van der Waals surface area contributed by atoms with Gasteiger partial charge in [0.05, 0.1) is 18.1 Å². The summed E-state index contributed by atoms with van der Waals surface area (Å²) in [7, 11) is 2.13. The molecule has 1 fully saturated rings. The summed E-state index contributed by atoms with van der Waals surface area (Å²) in [4.78, 5) is 29.1. The van der Waals surface area contributed by atoms with Gasteiger partial charge < -0.3 is 20.3 Å². The van der Waals surface area contributed by atoms with E-state index < -0.39 is 5.92 Å². The summed E-state index contributed by atoms with van der Waals surface area (Å²) >= 11 is 0. The zero-order valence-corrected chi connectivity index (χ0v) is 18.0. The van der Waals surface area contributed by atoms with Gasteiger partial charge in [-0.25, -0.2) is 4.79 Å². The third-order valence-electron chi connectivity index (χ3n) is 5.86. The van der Waals surface area contributed by atoms with Crippen molar-refractivity contribution < 1.29 is 14.3 Å². The van der Waals surface area contributed by atoms with Crippen LogP contribution in [0.5, 0.6) is 0 Å². The first-order chi connectivity index (χ1) is 14.4.